The Labute approximate surface area is 94.0 Å². The number of alkyl halides is 3. The molecule has 0 N–H and O–H groups in total. The molecule has 1 heterocycles. The highest BCUT2D eigenvalue weighted by atomic mass is 19.4. The van der Waals surface area contributed by atoms with E-state index in [2.05, 4.69) is 9.97 Å². The Morgan fingerprint density at radius 2 is 1.59 bits per heavy atom. The fourth-order valence-electron chi connectivity index (χ4n) is 1.32. The second-order valence-electron chi connectivity index (χ2n) is 3.30. The zero-order valence-corrected chi connectivity index (χ0v) is 8.37. The number of nitrogens with zero attached hydrogens (tertiary/aromatic N) is 2. The number of hydrogen-bond donors (Lipinski definition) is 0. The van der Waals surface area contributed by atoms with Crippen molar-refractivity contribution in [3.63, 3.8) is 0 Å². The van der Waals surface area contributed by atoms with Crippen LogP contribution in [0.1, 0.15) is 5.56 Å². The highest BCUT2D eigenvalue weighted by Gasteiger charge is 2.29. The molecule has 0 atom stereocenters. The van der Waals surface area contributed by atoms with Crippen molar-refractivity contribution in [3.8, 4) is 11.3 Å². The zero-order chi connectivity index (χ0) is 12.5. The molecule has 0 fully saturated rings. The lowest BCUT2D eigenvalue weighted by Crippen LogP contribution is -2.04. The molecule has 0 aliphatic heterocycles. The van der Waals surface area contributed by atoms with Crippen LogP contribution in [-0.4, -0.2) is 9.97 Å². The van der Waals surface area contributed by atoms with Crippen LogP contribution in [0.25, 0.3) is 11.3 Å². The first-order valence-electron chi connectivity index (χ1n) is 4.62. The number of halogens is 4. The van der Waals surface area contributed by atoms with Crippen molar-refractivity contribution < 1.29 is 17.6 Å². The molecule has 2 rings (SSSR count). The van der Waals surface area contributed by atoms with E-state index in [0.717, 1.165) is 24.5 Å². The summed E-state index contributed by atoms with van der Waals surface area (Å²) >= 11 is 0. The quantitative estimate of drug-likeness (QED) is 0.566. The molecule has 2 nitrogen and oxygen atoms in total. The molecule has 0 saturated heterocycles. The van der Waals surface area contributed by atoms with Gasteiger partial charge in [0.25, 0.3) is 0 Å². The van der Waals surface area contributed by atoms with Gasteiger partial charge in [0.15, 0.2) is 0 Å². The summed E-state index contributed by atoms with van der Waals surface area (Å²) in [6.07, 6.45) is -3.36. The van der Waals surface area contributed by atoms with Gasteiger partial charge in [0.1, 0.15) is 6.33 Å². The van der Waals surface area contributed by atoms with Gasteiger partial charge in [0.2, 0.25) is 5.95 Å². The smallest absolute Gasteiger partial charge is 0.236 e. The van der Waals surface area contributed by atoms with E-state index in [4.69, 9.17) is 0 Å². The molecular weight excluding hydrogens is 236 g/mol. The topological polar surface area (TPSA) is 25.8 Å². The molecule has 6 heteroatoms. The van der Waals surface area contributed by atoms with Gasteiger partial charge >= 0.3 is 6.18 Å². The molecule has 0 aliphatic carbocycles. The predicted octanol–water partition coefficient (Wildman–Crippen LogP) is 3.30. The van der Waals surface area contributed by atoms with Gasteiger partial charge in [-0.1, -0.05) is 12.1 Å². The Balaban J connectivity index is 2.36. The van der Waals surface area contributed by atoms with E-state index in [0.29, 0.717) is 5.56 Å². The third-order valence-electron chi connectivity index (χ3n) is 2.14. The van der Waals surface area contributed by atoms with Gasteiger partial charge in [-0.25, -0.2) is 9.97 Å². The monoisotopic (exact) mass is 242 g/mol. The molecule has 0 bridgehead atoms. The molecule has 0 amide bonds. The van der Waals surface area contributed by atoms with Crippen LogP contribution in [-0.2, 0) is 6.18 Å². The summed E-state index contributed by atoms with van der Waals surface area (Å²) in [7, 11) is 0. The largest absolute Gasteiger partial charge is 0.416 e. The van der Waals surface area contributed by atoms with Crippen molar-refractivity contribution in [2.45, 2.75) is 6.18 Å². The third-order valence-corrected chi connectivity index (χ3v) is 2.14. The maximum Gasteiger partial charge on any atom is 0.416 e. The van der Waals surface area contributed by atoms with Gasteiger partial charge in [-0.05, 0) is 12.1 Å². The van der Waals surface area contributed by atoms with Crippen LogP contribution >= 0.6 is 0 Å². The number of benzene rings is 1. The lowest BCUT2D eigenvalue weighted by molar-refractivity contribution is -0.137. The molecular formula is C11H6F4N2. The molecule has 1 aromatic carbocycles. The highest BCUT2D eigenvalue weighted by molar-refractivity contribution is 5.58. The minimum atomic E-state index is -4.38. The Bertz CT molecular complexity index is 520. The molecule has 0 unspecified atom stereocenters. The van der Waals surface area contributed by atoms with Crippen molar-refractivity contribution in [2.75, 3.05) is 0 Å². The minimum Gasteiger partial charge on any atom is -0.236 e. The summed E-state index contributed by atoms with van der Waals surface area (Å²) in [5, 5.41) is 0. The SMILES string of the molecule is Fc1cc(-c2ccc(C(F)(F)F)cc2)ncn1. The van der Waals surface area contributed by atoms with Crippen LogP contribution in [0.2, 0.25) is 0 Å². The second kappa shape index (κ2) is 4.12. The lowest BCUT2D eigenvalue weighted by atomic mass is 10.1. The number of hydrogen-bond acceptors (Lipinski definition) is 2. The molecule has 0 aliphatic rings. The molecule has 2 aromatic rings. The van der Waals surface area contributed by atoms with E-state index >= 15 is 0 Å². The van der Waals surface area contributed by atoms with E-state index in [1.807, 2.05) is 0 Å². The molecule has 17 heavy (non-hydrogen) atoms. The summed E-state index contributed by atoms with van der Waals surface area (Å²) in [5.74, 6) is -0.727. The Kier molecular flexibility index (Phi) is 2.79. The maximum atomic E-state index is 12.8. The fraction of sp³-hybridized carbons (Fsp3) is 0.0909. The average Bonchev–Trinajstić information content (AvgIpc) is 2.28. The average molecular weight is 242 g/mol. The van der Waals surface area contributed by atoms with E-state index < -0.39 is 17.7 Å². The van der Waals surface area contributed by atoms with Crippen molar-refractivity contribution in [2.24, 2.45) is 0 Å². The summed E-state index contributed by atoms with van der Waals surface area (Å²) < 4.78 is 49.7. The van der Waals surface area contributed by atoms with Crippen molar-refractivity contribution in [1.29, 1.82) is 0 Å². The van der Waals surface area contributed by atoms with E-state index in [1.165, 1.54) is 12.1 Å². The summed E-state index contributed by atoms with van der Waals surface area (Å²) in [4.78, 5) is 7.03. The van der Waals surface area contributed by atoms with E-state index in [9.17, 15) is 17.6 Å². The fourth-order valence-corrected chi connectivity index (χ4v) is 1.32. The maximum absolute atomic E-state index is 12.8. The van der Waals surface area contributed by atoms with E-state index in [1.54, 1.807) is 0 Å². The van der Waals surface area contributed by atoms with Gasteiger partial charge in [-0.2, -0.15) is 17.6 Å². The third kappa shape index (κ3) is 2.58. The van der Waals surface area contributed by atoms with Crippen molar-refractivity contribution in [1.82, 2.24) is 9.97 Å². The highest BCUT2D eigenvalue weighted by Crippen LogP contribution is 2.30. The van der Waals surface area contributed by atoms with Gasteiger partial charge in [0, 0.05) is 11.6 Å². The summed E-state index contributed by atoms with van der Waals surface area (Å²) in [6, 6.07) is 5.39. The Morgan fingerprint density at radius 3 is 2.12 bits per heavy atom. The van der Waals surface area contributed by atoms with Crippen LogP contribution < -0.4 is 0 Å². The number of rotatable bonds is 1. The zero-order valence-electron chi connectivity index (χ0n) is 8.37. The van der Waals surface area contributed by atoms with Crippen LogP contribution in [0.3, 0.4) is 0 Å². The summed E-state index contributed by atoms with van der Waals surface area (Å²) in [5.41, 5.74) is -0.110. The Hall–Kier alpha value is -1.98. The lowest BCUT2D eigenvalue weighted by Gasteiger charge is -2.07. The summed E-state index contributed by atoms with van der Waals surface area (Å²) in [6.45, 7) is 0. The van der Waals surface area contributed by atoms with Crippen LogP contribution in [0.15, 0.2) is 36.7 Å². The van der Waals surface area contributed by atoms with Crippen molar-refractivity contribution in [3.05, 3.63) is 48.2 Å². The van der Waals surface area contributed by atoms with Crippen LogP contribution in [0, 0.1) is 5.95 Å². The molecule has 0 saturated carbocycles. The first-order chi connectivity index (χ1) is 7.97. The standard InChI is InChI=1S/C11H6F4N2/c12-10-5-9(16-6-17-10)7-1-3-8(4-2-7)11(13,14)15/h1-6H. The van der Waals surface area contributed by atoms with Crippen molar-refractivity contribution >= 4 is 0 Å². The normalized spacial score (nSPS) is 11.5. The van der Waals surface area contributed by atoms with E-state index in [-0.39, 0.29) is 5.69 Å². The molecule has 0 spiro atoms. The molecule has 88 valence electrons. The van der Waals surface area contributed by atoms with Gasteiger partial charge in [0.05, 0.1) is 11.3 Å². The number of aromatic nitrogens is 2. The second-order valence-corrected chi connectivity index (χ2v) is 3.30. The Morgan fingerprint density at radius 1 is 0.941 bits per heavy atom. The minimum absolute atomic E-state index is 0.242. The van der Waals surface area contributed by atoms with Gasteiger partial charge < -0.3 is 0 Å². The first-order valence-corrected chi connectivity index (χ1v) is 4.62. The molecule has 0 radical (unpaired) electrons. The van der Waals surface area contributed by atoms with Gasteiger partial charge in [-0.15, -0.1) is 0 Å². The van der Waals surface area contributed by atoms with Gasteiger partial charge in [-0.3, -0.25) is 0 Å². The first kappa shape index (κ1) is 11.5. The van der Waals surface area contributed by atoms with Crippen LogP contribution in [0.5, 0.6) is 0 Å². The van der Waals surface area contributed by atoms with Crippen LogP contribution in [0.4, 0.5) is 17.6 Å². The molecule has 1 aromatic heterocycles. The predicted molar refractivity (Wildman–Crippen MR) is 52.4 cm³/mol.